The van der Waals surface area contributed by atoms with Crippen molar-refractivity contribution in [3.63, 3.8) is 0 Å². The second-order valence-electron chi connectivity index (χ2n) is 7.93. The van der Waals surface area contributed by atoms with Gasteiger partial charge in [0.1, 0.15) is 5.75 Å². The molecule has 2 amide bonds. The summed E-state index contributed by atoms with van der Waals surface area (Å²) in [6, 6.07) is 12.2. The molecule has 170 valence electrons. The lowest BCUT2D eigenvalue weighted by Gasteiger charge is -2.32. The first kappa shape index (κ1) is 24.5. The molecule has 0 unspecified atom stereocenters. The number of rotatable bonds is 12. The third-order valence-electron chi connectivity index (χ3n) is 5.66. The van der Waals surface area contributed by atoms with Gasteiger partial charge in [-0.05, 0) is 49.6 Å². The summed E-state index contributed by atoms with van der Waals surface area (Å²) in [5, 5.41) is 0. The number of nitrogens with zero attached hydrogens (tertiary/aromatic N) is 3. The van der Waals surface area contributed by atoms with Crippen molar-refractivity contribution < 1.29 is 14.3 Å². The smallest absolute Gasteiger partial charge is 0.242 e. The largest absolute Gasteiger partial charge is 0.497 e. The molecule has 1 atom stereocenters. The fraction of sp³-hybridized carbons (Fsp3) is 0.520. The second kappa shape index (κ2) is 12.2. The predicted molar refractivity (Wildman–Crippen MR) is 124 cm³/mol. The molecular formula is C25H37N3O3. The Morgan fingerprint density at radius 3 is 2.52 bits per heavy atom. The van der Waals surface area contributed by atoms with Gasteiger partial charge < -0.3 is 19.1 Å². The zero-order valence-corrected chi connectivity index (χ0v) is 19.6. The van der Waals surface area contributed by atoms with Crippen LogP contribution in [0.15, 0.2) is 42.6 Å². The molecule has 0 N–H and O–H groups in total. The number of carbonyl (C=O) groups is 2. The van der Waals surface area contributed by atoms with Gasteiger partial charge in [-0.3, -0.25) is 9.59 Å². The van der Waals surface area contributed by atoms with Crippen molar-refractivity contribution in [2.24, 2.45) is 0 Å². The van der Waals surface area contributed by atoms with Crippen LogP contribution in [0.2, 0.25) is 0 Å². The highest BCUT2D eigenvalue weighted by Crippen LogP contribution is 2.17. The topological polar surface area (TPSA) is 54.8 Å². The van der Waals surface area contributed by atoms with Gasteiger partial charge in [-0.1, -0.05) is 32.9 Å². The third kappa shape index (κ3) is 6.88. The Labute approximate surface area is 186 Å². The van der Waals surface area contributed by atoms with E-state index in [1.165, 1.54) is 0 Å². The van der Waals surface area contributed by atoms with Crippen LogP contribution in [0.5, 0.6) is 5.75 Å². The van der Waals surface area contributed by atoms with E-state index in [-0.39, 0.29) is 24.4 Å². The Morgan fingerprint density at radius 1 is 1.10 bits per heavy atom. The Balaban J connectivity index is 2.18. The summed E-state index contributed by atoms with van der Waals surface area (Å²) in [4.78, 5) is 29.1. The minimum atomic E-state index is -0.00118. The Hall–Kier alpha value is -2.76. The summed E-state index contributed by atoms with van der Waals surface area (Å²) in [5.41, 5.74) is 2.21. The molecule has 0 saturated heterocycles. The first-order valence-electron chi connectivity index (χ1n) is 11.3. The van der Waals surface area contributed by atoms with Crippen LogP contribution in [0, 0.1) is 0 Å². The highest BCUT2D eigenvalue weighted by molar-refractivity contribution is 5.84. The van der Waals surface area contributed by atoms with E-state index >= 15 is 0 Å². The number of hydrogen-bond acceptors (Lipinski definition) is 3. The lowest BCUT2D eigenvalue weighted by Crippen LogP contribution is -2.46. The van der Waals surface area contributed by atoms with Crippen molar-refractivity contribution in [3.8, 4) is 5.75 Å². The van der Waals surface area contributed by atoms with Crippen LogP contribution in [0.1, 0.15) is 58.2 Å². The van der Waals surface area contributed by atoms with Crippen molar-refractivity contribution in [2.45, 2.75) is 66.1 Å². The second-order valence-corrected chi connectivity index (χ2v) is 7.93. The van der Waals surface area contributed by atoms with Crippen LogP contribution in [-0.4, -0.2) is 52.4 Å². The van der Waals surface area contributed by atoms with E-state index in [4.69, 9.17) is 4.74 Å². The lowest BCUT2D eigenvalue weighted by molar-refractivity contribution is -0.142. The van der Waals surface area contributed by atoms with E-state index in [2.05, 4.69) is 30.5 Å². The number of methoxy groups -OCH3 is 1. The average molecular weight is 428 g/mol. The molecule has 0 bridgehead atoms. The molecule has 0 saturated carbocycles. The molecule has 1 aromatic carbocycles. The molecular weight excluding hydrogens is 390 g/mol. The molecule has 1 heterocycles. The van der Waals surface area contributed by atoms with Crippen LogP contribution < -0.4 is 4.74 Å². The summed E-state index contributed by atoms with van der Waals surface area (Å²) < 4.78 is 7.50. The van der Waals surface area contributed by atoms with E-state index in [0.717, 1.165) is 29.8 Å². The molecule has 0 fully saturated rings. The van der Waals surface area contributed by atoms with Gasteiger partial charge in [0, 0.05) is 37.4 Å². The Kier molecular flexibility index (Phi) is 9.63. The summed E-state index contributed by atoms with van der Waals surface area (Å²) in [7, 11) is 1.67. The van der Waals surface area contributed by atoms with Gasteiger partial charge in [0.05, 0.1) is 20.2 Å². The summed E-state index contributed by atoms with van der Waals surface area (Å²) >= 11 is 0. The molecule has 31 heavy (non-hydrogen) atoms. The molecule has 1 aromatic heterocycles. The molecule has 0 aliphatic carbocycles. The SMILES string of the molecule is CCCN(CC(=O)N(Cc1cccn1Cc1cccc(OC)c1)[C@H](C)CC)C(=O)CC. The number of amides is 2. The Bertz CT molecular complexity index is 846. The maximum absolute atomic E-state index is 13.2. The van der Waals surface area contributed by atoms with Crippen molar-refractivity contribution in [1.29, 1.82) is 0 Å². The van der Waals surface area contributed by atoms with Gasteiger partial charge in [-0.25, -0.2) is 0 Å². The molecule has 2 rings (SSSR count). The third-order valence-corrected chi connectivity index (χ3v) is 5.66. The van der Waals surface area contributed by atoms with E-state index in [9.17, 15) is 9.59 Å². The fourth-order valence-electron chi connectivity index (χ4n) is 3.64. The zero-order chi connectivity index (χ0) is 22.8. The van der Waals surface area contributed by atoms with Crippen molar-refractivity contribution >= 4 is 11.8 Å². The van der Waals surface area contributed by atoms with Crippen molar-refractivity contribution in [3.05, 3.63) is 53.9 Å². The lowest BCUT2D eigenvalue weighted by atomic mass is 10.2. The minimum absolute atomic E-state index is 0.00118. The quantitative estimate of drug-likeness (QED) is 0.507. The highest BCUT2D eigenvalue weighted by Gasteiger charge is 2.24. The molecule has 0 spiro atoms. The normalized spacial score (nSPS) is 11.8. The fourth-order valence-corrected chi connectivity index (χ4v) is 3.64. The summed E-state index contributed by atoms with van der Waals surface area (Å²) in [5.74, 6) is 0.860. The molecule has 0 radical (unpaired) electrons. The molecule has 2 aromatic rings. The molecule has 6 nitrogen and oxygen atoms in total. The van der Waals surface area contributed by atoms with E-state index in [0.29, 0.717) is 26.1 Å². The monoisotopic (exact) mass is 427 g/mol. The van der Waals surface area contributed by atoms with Crippen LogP contribution in [0.25, 0.3) is 0 Å². The number of aromatic nitrogens is 1. The summed E-state index contributed by atoms with van der Waals surface area (Å²) in [6.07, 6.45) is 4.15. The van der Waals surface area contributed by atoms with Crippen LogP contribution in [0.4, 0.5) is 0 Å². The molecule has 0 aliphatic heterocycles. The van der Waals surface area contributed by atoms with Crippen molar-refractivity contribution in [1.82, 2.24) is 14.4 Å². The van der Waals surface area contributed by atoms with Gasteiger partial charge >= 0.3 is 0 Å². The van der Waals surface area contributed by atoms with Gasteiger partial charge in [0.15, 0.2) is 0 Å². The van der Waals surface area contributed by atoms with Gasteiger partial charge in [0.25, 0.3) is 0 Å². The first-order valence-corrected chi connectivity index (χ1v) is 11.3. The number of hydrogen-bond donors (Lipinski definition) is 0. The van der Waals surface area contributed by atoms with E-state index < -0.39 is 0 Å². The van der Waals surface area contributed by atoms with Crippen LogP contribution in [0.3, 0.4) is 0 Å². The van der Waals surface area contributed by atoms with Crippen LogP contribution in [-0.2, 0) is 22.7 Å². The average Bonchev–Trinajstić information content (AvgIpc) is 3.22. The van der Waals surface area contributed by atoms with Gasteiger partial charge in [-0.2, -0.15) is 0 Å². The standard InChI is InChI=1S/C25H37N3O3/c1-6-14-27(24(29)8-3)19-25(30)28(20(4)7-2)18-22-12-10-15-26(22)17-21-11-9-13-23(16-21)31-5/h9-13,15-16,20H,6-8,14,17-19H2,1-5H3/t20-/m1/s1. The number of benzene rings is 1. The predicted octanol–water partition coefficient (Wildman–Crippen LogP) is 4.32. The van der Waals surface area contributed by atoms with Crippen LogP contribution >= 0.6 is 0 Å². The number of carbonyl (C=O) groups excluding carboxylic acids is 2. The Morgan fingerprint density at radius 2 is 1.87 bits per heavy atom. The molecule has 6 heteroatoms. The first-order chi connectivity index (χ1) is 14.9. The van der Waals surface area contributed by atoms with Crippen molar-refractivity contribution in [2.75, 3.05) is 20.2 Å². The van der Waals surface area contributed by atoms with E-state index in [1.807, 2.05) is 49.2 Å². The molecule has 0 aliphatic rings. The van der Waals surface area contributed by atoms with Gasteiger partial charge in [-0.15, -0.1) is 0 Å². The maximum Gasteiger partial charge on any atom is 0.242 e. The maximum atomic E-state index is 13.2. The minimum Gasteiger partial charge on any atom is -0.497 e. The highest BCUT2D eigenvalue weighted by atomic mass is 16.5. The van der Waals surface area contributed by atoms with E-state index in [1.54, 1.807) is 12.0 Å². The van der Waals surface area contributed by atoms with Gasteiger partial charge in [0.2, 0.25) is 11.8 Å². The number of ether oxygens (including phenoxy) is 1. The summed E-state index contributed by atoms with van der Waals surface area (Å²) in [6.45, 7) is 10.00. The zero-order valence-electron chi connectivity index (χ0n) is 19.6.